The Bertz CT molecular complexity index is 653. The molecule has 0 saturated carbocycles. The largest absolute Gasteiger partial charge is 0.298 e. The Morgan fingerprint density at radius 3 is 2.52 bits per heavy atom. The Morgan fingerprint density at radius 1 is 1.14 bits per heavy atom. The minimum atomic E-state index is 0.0669. The van der Waals surface area contributed by atoms with Crippen LogP contribution >= 0.6 is 0 Å². The summed E-state index contributed by atoms with van der Waals surface area (Å²) >= 11 is 0. The van der Waals surface area contributed by atoms with Crippen molar-refractivity contribution in [3.63, 3.8) is 0 Å². The SMILES string of the molecule is CCCC(CCC)CN1CCN(Cc2ccc3c(c2)C(C)(C)CON3C)CC1C. The lowest BCUT2D eigenvalue weighted by molar-refractivity contribution is 0.0629. The first-order chi connectivity index (χ1) is 13.8. The molecule has 0 spiro atoms. The molecule has 3 rings (SSSR count). The summed E-state index contributed by atoms with van der Waals surface area (Å²) in [5.41, 5.74) is 4.12. The van der Waals surface area contributed by atoms with Crippen LogP contribution in [0.15, 0.2) is 18.2 Å². The fourth-order valence-electron chi connectivity index (χ4n) is 5.12. The number of nitrogens with zero attached hydrogens (tertiary/aromatic N) is 3. The van der Waals surface area contributed by atoms with Crippen LogP contribution in [0.5, 0.6) is 0 Å². The molecule has 4 heteroatoms. The molecule has 164 valence electrons. The monoisotopic (exact) mass is 401 g/mol. The molecular weight excluding hydrogens is 358 g/mol. The highest BCUT2D eigenvalue weighted by Gasteiger charge is 2.32. The van der Waals surface area contributed by atoms with Crippen LogP contribution in [-0.4, -0.2) is 55.7 Å². The molecule has 0 aliphatic carbocycles. The quantitative estimate of drug-likeness (QED) is 0.605. The van der Waals surface area contributed by atoms with Crippen LogP contribution < -0.4 is 5.06 Å². The third kappa shape index (κ3) is 5.53. The summed E-state index contributed by atoms with van der Waals surface area (Å²) in [7, 11) is 2.01. The van der Waals surface area contributed by atoms with Gasteiger partial charge in [-0.2, -0.15) is 0 Å². The van der Waals surface area contributed by atoms with E-state index >= 15 is 0 Å². The van der Waals surface area contributed by atoms with Crippen LogP contribution in [0.25, 0.3) is 0 Å². The van der Waals surface area contributed by atoms with Crippen LogP contribution in [0.4, 0.5) is 5.69 Å². The number of hydrogen-bond donors (Lipinski definition) is 0. The second-order valence-electron chi connectivity index (χ2n) is 10.0. The van der Waals surface area contributed by atoms with E-state index < -0.39 is 0 Å². The zero-order valence-corrected chi connectivity index (χ0v) is 19.7. The summed E-state index contributed by atoms with van der Waals surface area (Å²) in [6.07, 6.45) is 5.38. The number of piperazine rings is 1. The fourth-order valence-corrected chi connectivity index (χ4v) is 5.12. The zero-order valence-electron chi connectivity index (χ0n) is 19.7. The molecule has 1 aromatic rings. The standard InChI is InChI=1S/C25H43N3O/c1-7-9-21(10-8-2)18-28-14-13-27(16-20(28)3)17-22-11-12-24-23(15-22)25(4,5)19-29-26(24)6/h11-12,15,20-21H,7-10,13-14,16-19H2,1-6H3. The normalized spacial score (nSPS) is 22.9. The summed E-state index contributed by atoms with van der Waals surface area (Å²) in [6, 6.07) is 7.60. The lowest BCUT2D eigenvalue weighted by Crippen LogP contribution is -2.52. The molecule has 0 amide bonds. The highest BCUT2D eigenvalue weighted by atomic mass is 16.7. The zero-order chi connectivity index (χ0) is 21.0. The van der Waals surface area contributed by atoms with Crippen molar-refractivity contribution in [2.75, 3.05) is 44.9 Å². The van der Waals surface area contributed by atoms with Crippen molar-refractivity contribution < 1.29 is 4.84 Å². The molecule has 4 nitrogen and oxygen atoms in total. The number of benzene rings is 1. The summed E-state index contributed by atoms with van der Waals surface area (Å²) in [4.78, 5) is 11.2. The Kier molecular flexibility index (Phi) is 7.63. The third-order valence-corrected chi connectivity index (χ3v) is 6.89. The van der Waals surface area contributed by atoms with Crippen molar-refractivity contribution in [1.82, 2.24) is 9.80 Å². The van der Waals surface area contributed by atoms with Gasteiger partial charge in [-0.25, -0.2) is 0 Å². The molecule has 1 fully saturated rings. The van der Waals surface area contributed by atoms with Gasteiger partial charge >= 0.3 is 0 Å². The van der Waals surface area contributed by atoms with Gasteiger partial charge in [0, 0.05) is 51.2 Å². The molecule has 2 aliphatic rings. The average Bonchev–Trinajstić information content (AvgIpc) is 2.68. The van der Waals surface area contributed by atoms with Gasteiger partial charge in [-0.15, -0.1) is 0 Å². The number of hydrogen-bond acceptors (Lipinski definition) is 4. The molecule has 0 aromatic heterocycles. The van der Waals surface area contributed by atoms with Crippen LogP contribution in [0.2, 0.25) is 0 Å². The molecule has 0 bridgehead atoms. The third-order valence-electron chi connectivity index (χ3n) is 6.89. The minimum absolute atomic E-state index is 0.0669. The van der Waals surface area contributed by atoms with Gasteiger partial charge in [0.15, 0.2) is 0 Å². The van der Waals surface area contributed by atoms with Crippen molar-refractivity contribution in [2.24, 2.45) is 5.92 Å². The average molecular weight is 402 g/mol. The molecular formula is C25H43N3O. The van der Waals surface area contributed by atoms with E-state index in [1.54, 1.807) is 0 Å². The maximum Gasteiger partial charge on any atom is 0.0840 e. The molecule has 1 atom stereocenters. The highest BCUT2D eigenvalue weighted by molar-refractivity contribution is 5.57. The molecule has 0 radical (unpaired) electrons. The molecule has 1 aromatic carbocycles. The van der Waals surface area contributed by atoms with Crippen LogP contribution in [-0.2, 0) is 16.8 Å². The number of hydroxylamine groups is 1. The fraction of sp³-hybridized carbons (Fsp3) is 0.760. The molecule has 2 aliphatic heterocycles. The Morgan fingerprint density at radius 2 is 1.86 bits per heavy atom. The van der Waals surface area contributed by atoms with Crippen molar-refractivity contribution in [2.45, 2.75) is 78.3 Å². The van der Waals surface area contributed by atoms with E-state index in [0.29, 0.717) is 6.04 Å². The second-order valence-corrected chi connectivity index (χ2v) is 10.0. The summed E-state index contributed by atoms with van der Waals surface area (Å²) in [6.45, 7) is 18.3. The lowest BCUT2D eigenvalue weighted by atomic mass is 9.82. The molecule has 1 saturated heterocycles. The highest BCUT2D eigenvalue weighted by Crippen LogP contribution is 2.37. The maximum absolute atomic E-state index is 5.82. The van der Waals surface area contributed by atoms with E-state index in [0.717, 1.165) is 19.1 Å². The van der Waals surface area contributed by atoms with Crippen molar-refractivity contribution in [3.05, 3.63) is 29.3 Å². The predicted octanol–water partition coefficient (Wildman–Crippen LogP) is 5.07. The van der Waals surface area contributed by atoms with Gasteiger partial charge in [-0.3, -0.25) is 19.7 Å². The van der Waals surface area contributed by atoms with E-state index in [4.69, 9.17) is 4.84 Å². The smallest absolute Gasteiger partial charge is 0.0840 e. The number of rotatable bonds is 8. The predicted molar refractivity (Wildman–Crippen MR) is 123 cm³/mol. The Balaban J connectivity index is 1.60. The van der Waals surface area contributed by atoms with Gasteiger partial charge in [-0.05, 0) is 42.9 Å². The molecule has 29 heavy (non-hydrogen) atoms. The van der Waals surface area contributed by atoms with Crippen molar-refractivity contribution in [1.29, 1.82) is 0 Å². The molecule has 2 heterocycles. The van der Waals surface area contributed by atoms with E-state index in [2.05, 4.69) is 62.6 Å². The van der Waals surface area contributed by atoms with Crippen molar-refractivity contribution in [3.8, 4) is 0 Å². The number of fused-ring (bicyclic) bond motifs is 1. The van der Waals surface area contributed by atoms with Crippen LogP contribution in [0, 0.1) is 5.92 Å². The van der Waals surface area contributed by atoms with E-state index in [1.807, 2.05) is 12.1 Å². The Labute approximate surface area is 179 Å². The lowest BCUT2D eigenvalue weighted by Gasteiger charge is -2.42. The Hall–Kier alpha value is -1.10. The summed E-state index contributed by atoms with van der Waals surface area (Å²) in [5.74, 6) is 0.876. The van der Waals surface area contributed by atoms with Gasteiger partial charge in [0.05, 0.1) is 12.3 Å². The van der Waals surface area contributed by atoms with Crippen LogP contribution in [0.3, 0.4) is 0 Å². The van der Waals surface area contributed by atoms with E-state index in [-0.39, 0.29) is 5.41 Å². The van der Waals surface area contributed by atoms with Crippen LogP contribution in [0.1, 0.15) is 71.4 Å². The first kappa shape index (κ1) is 22.6. The van der Waals surface area contributed by atoms with Gasteiger partial charge in [0.25, 0.3) is 0 Å². The first-order valence-electron chi connectivity index (χ1n) is 11.8. The van der Waals surface area contributed by atoms with E-state index in [1.165, 1.54) is 68.7 Å². The molecule has 0 N–H and O–H groups in total. The van der Waals surface area contributed by atoms with Gasteiger partial charge in [0.2, 0.25) is 0 Å². The summed E-state index contributed by atoms with van der Waals surface area (Å²) < 4.78 is 0. The van der Waals surface area contributed by atoms with Gasteiger partial charge in [-0.1, -0.05) is 52.7 Å². The first-order valence-corrected chi connectivity index (χ1v) is 11.8. The van der Waals surface area contributed by atoms with Gasteiger partial charge < -0.3 is 0 Å². The second kappa shape index (κ2) is 9.80. The topological polar surface area (TPSA) is 19.0 Å². The summed E-state index contributed by atoms with van der Waals surface area (Å²) in [5, 5.41) is 1.92. The number of anilines is 1. The van der Waals surface area contributed by atoms with E-state index in [9.17, 15) is 0 Å². The maximum atomic E-state index is 5.82. The minimum Gasteiger partial charge on any atom is -0.298 e. The van der Waals surface area contributed by atoms with Crippen molar-refractivity contribution >= 4 is 5.69 Å². The van der Waals surface area contributed by atoms with Gasteiger partial charge in [0.1, 0.15) is 0 Å². The molecule has 1 unspecified atom stereocenters.